The number of methoxy groups -OCH3 is 1. The van der Waals surface area contributed by atoms with Gasteiger partial charge in [0.05, 0.1) is 25.5 Å². The zero-order valence-electron chi connectivity index (χ0n) is 15.6. The van der Waals surface area contributed by atoms with Crippen LogP contribution in [0.15, 0.2) is 65.8 Å². The van der Waals surface area contributed by atoms with E-state index in [9.17, 15) is 4.79 Å². The Hall–Kier alpha value is -3.81. The molecule has 0 aliphatic carbocycles. The lowest BCUT2D eigenvalue weighted by atomic mass is 10.2. The molecule has 0 spiro atoms. The maximum absolute atomic E-state index is 11.5. The zero-order chi connectivity index (χ0) is 19.9. The molecular formula is C20H21N5O3. The molecule has 1 heterocycles. The van der Waals surface area contributed by atoms with Gasteiger partial charge in [-0.3, -0.25) is 4.79 Å². The van der Waals surface area contributed by atoms with Gasteiger partial charge in [-0.05, 0) is 11.6 Å². The normalized spacial score (nSPS) is 11.1. The SMILES string of the molecule is COc1ccccc1CN(OC(C)=O)/C(N)=N/c1ncc(-c2ccccc2)[nH]1. The van der Waals surface area contributed by atoms with Crippen molar-refractivity contribution in [1.29, 1.82) is 0 Å². The van der Waals surface area contributed by atoms with Crippen LogP contribution in [0.1, 0.15) is 12.5 Å². The molecule has 3 N–H and O–H groups in total. The second-order valence-electron chi connectivity index (χ2n) is 5.89. The van der Waals surface area contributed by atoms with Crippen molar-refractivity contribution >= 4 is 17.9 Å². The van der Waals surface area contributed by atoms with Gasteiger partial charge in [-0.25, -0.2) is 4.98 Å². The van der Waals surface area contributed by atoms with Crippen LogP contribution in [-0.4, -0.2) is 34.1 Å². The van der Waals surface area contributed by atoms with Crippen molar-refractivity contribution in [3.63, 3.8) is 0 Å². The number of benzene rings is 2. The van der Waals surface area contributed by atoms with E-state index in [1.165, 1.54) is 12.0 Å². The van der Waals surface area contributed by atoms with E-state index in [4.69, 9.17) is 15.3 Å². The highest BCUT2D eigenvalue weighted by atomic mass is 16.7. The number of carbonyl (C=O) groups excluding carboxylic acids is 1. The van der Waals surface area contributed by atoms with Crippen molar-refractivity contribution in [2.45, 2.75) is 13.5 Å². The first-order valence-electron chi connectivity index (χ1n) is 8.59. The van der Waals surface area contributed by atoms with Crippen LogP contribution in [0.4, 0.5) is 5.95 Å². The molecule has 3 rings (SSSR count). The van der Waals surface area contributed by atoms with Crippen LogP contribution in [0.25, 0.3) is 11.3 Å². The molecule has 0 unspecified atom stereocenters. The first-order valence-corrected chi connectivity index (χ1v) is 8.59. The molecule has 8 heteroatoms. The van der Waals surface area contributed by atoms with Gasteiger partial charge in [-0.2, -0.15) is 10.1 Å². The smallest absolute Gasteiger partial charge is 0.329 e. The zero-order valence-corrected chi connectivity index (χ0v) is 15.6. The molecule has 0 atom stereocenters. The van der Waals surface area contributed by atoms with Gasteiger partial charge in [-0.15, -0.1) is 0 Å². The predicted molar refractivity (Wildman–Crippen MR) is 106 cm³/mol. The van der Waals surface area contributed by atoms with E-state index in [1.807, 2.05) is 54.6 Å². The molecule has 8 nitrogen and oxygen atoms in total. The number of hydrogen-bond acceptors (Lipinski definition) is 5. The summed E-state index contributed by atoms with van der Waals surface area (Å²) in [6.45, 7) is 1.47. The molecule has 2 aromatic carbocycles. The fourth-order valence-electron chi connectivity index (χ4n) is 2.60. The molecule has 3 aromatic rings. The van der Waals surface area contributed by atoms with Crippen LogP contribution in [0, 0.1) is 0 Å². The molecule has 144 valence electrons. The summed E-state index contributed by atoms with van der Waals surface area (Å²) in [4.78, 5) is 28.3. The Bertz CT molecular complexity index is 969. The number of nitrogens with zero attached hydrogens (tertiary/aromatic N) is 3. The number of nitrogens with one attached hydrogen (secondary N) is 1. The number of guanidine groups is 1. The third-order valence-electron chi connectivity index (χ3n) is 3.87. The van der Waals surface area contributed by atoms with Gasteiger partial charge in [0.2, 0.25) is 11.9 Å². The summed E-state index contributed by atoms with van der Waals surface area (Å²) in [6, 6.07) is 17.1. The number of imidazole rings is 1. The molecule has 28 heavy (non-hydrogen) atoms. The topological polar surface area (TPSA) is 106 Å². The molecule has 0 aliphatic heterocycles. The Morgan fingerprint density at radius 2 is 1.89 bits per heavy atom. The number of para-hydroxylation sites is 1. The van der Waals surface area contributed by atoms with Gasteiger partial charge >= 0.3 is 5.97 Å². The number of ether oxygens (including phenoxy) is 1. The van der Waals surface area contributed by atoms with Gasteiger partial charge < -0.3 is 20.3 Å². The van der Waals surface area contributed by atoms with Crippen LogP contribution in [-0.2, 0) is 16.2 Å². The van der Waals surface area contributed by atoms with Crippen LogP contribution in [0.5, 0.6) is 5.75 Å². The second kappa shape index (κ2) is 8.72. The van der Waals surface area contributed by atoms with E-state index < -0.39 is 5.97 Å². The largest absolute Gasteiger partial charge is 0.496 e. The molecule has 0 fully saturated rings. The summed E-state index contributed by atoms with van der Waals surface area (Å²) in [6.07, 6.45) is 1.66. The van der Waals surface area contributed by atoms with Crippen molar-refractivity contribution in [2.75, 3.05) is 7.11 Å². The molecule has 0 radical (unpaired) electrons. The molecule has 0 saturated heterocycles. The van der Waals surface area contributed by atoms with E-state index in [0.717, 1.165) is 16.8 Å². The summed E-state index contributed by atoms with van der Waals surface area (Å²) in [7, 11) is 1.57. The van der Waals surface area contributed by atoms with Crippen molar-refractivity contribution in [3.05, 3.63) is 66.4 Å². The van der Waals surface area contributed by atoms with Gasteiger partial charge in [0, 0.05) is 12.5 Å². The quantitative estimate of drug-likeness (QED) is 0.401. The maximum atomic E-state index is 11.5. The number of carbonyl (C=O) groups is 1. The number of nitrogens with two attached hydrogens (primary N) is 1. The molecule has 1 aromatic heterocycles. The highest BCUT2D eigenvalue weighted by molar-refractivity contribution is 5.81. The van der Waals surface area contributed by atoms with Gasteiger partial charge in [-0.1, -0.05) is 48.5 Å². The fourth-order valence-corrected chi connectivity index (χ4v) is 2.60. The number of aromatic nitrogens is 2. The number of hydroxylamine groups is 2. The summed E-state index contributed by atoms with van der Waals surface area (Å²) < 4.78 is 5.34. The third-order valence-corrected chi connectivity index (χ3v) is 3.87. The minimum absolute atomic E-state index is 0.0185. The van der Waals surface area contributed by atoms with Crippen LogP contribution in [0.3, 0.4) is 0 Å². The molecule has 0 saturated carbocycles. The monoisotopic (exact) mass is 379 g/mol. The second-order valence-corrected chi connectivity index (χ2v) is 5.89. The Balaban J connectivity index is 1.84. The van der Waals surface area contributed by atoms with Crippen LogP contribution >= 0.6 is 0 Å². The van der Waals surface area contributed by atoms with Gasteiger partial charge in [0.1, 0.15) is 5.75 Å². The highest BCUT2D eigenvalue weighted by Gasteiger charge is 2.16. The lowest BCUT2D eigenvalue weighted by Crippen LogP contribution is -2.38. The average molecular weight is 379 g/mol. The number of aromatic amines is 1. The van der Waals surface area contributed by atoms with Crippen molar-refractivity contribution in [1.82, 2.24) is 15.0 Å². The minimum Gasteiger partial charge on any atom is -0.496 e. The molecule has 0 amide bonds. The lowest BCUT2D eigenvalue weighted by molar-refractivity contribution is -0.172. The standard InChI is InChI=1S/C20H21N5O3/c1-14(26)28-25(13-16-10-6-7-11-18(16)27-2)19(21)24-20-22-12-17(23-20)15-8-4-3-5-9-15/h3-12H,13H2,1-2H3,(H3,21,22,23,24). The van der Waals surface area contributed by atoms with E-state index in [2.05, 4.69) is 15.0 Å². The van der Waals surface area contributed by atoms with Crippen molar-refractivity contribution in [3.8, 4) is 17.0 Å². The maximum Gasteiger partial charge on any atom is 0.329 e. The van der Waals surface area contributed by atoms with E-state index in [0.29, 0.717) is 11.7 Å². The summed E-state index contributed by atoms with van der Waals surface area (Å²) in [5.41, 5.74) is 8.64. The Labute approximate surface area is 162 Å². The van der Waals surface area contributed by atoms with Crippen LogP contribution < -0.4 is 10.5 Å². The Morgan fingerprint density at radius 1 is 1.18 bits per heavy atom. The predicted octanol–water partition coefficient (Wildman–Crippen LogP) is 3.01. The first-order chi connectivity index (χ1) is 13.6. The van der Waals surface area contributed by atoms with E-state index in [1.54, 1.807) is 13.3 Å². The summed E-state index contributed by atoms with van der Waals surface area (Å²) >= 11 is 0. The fraction of sp³-hybridized carbons (Fsp3) is 0.150. The minimum atomic E-state index is -0.516. The van der Waals surface area contributed by atoms with Crippen molar-refractivity contribution in [2.24, 2.45) is 10.7 Å². The van der Waals surface area contributed by atoms with E-state index in [-0.39, 0.29) is 12.5 Å². The molecule has 0 aliphatic rings. The number of hydrogen-bond donors (Lipinski definition) is 2. The number of rotatable bonds is 5. The van der Waals surface area contributed by atoms with Gasteiger partial charge in [0.15, 0.2) is 0 Å². The first kappa shape index (κ1) is 19.0. The summed E-state index contributed by atoms with van der Waals surface area (Å²) in [5, 5.41) is 1.20. The number of aliphatic imine (C=N–C) groups is 1. The average Bonchev–Trinajstić information content (AvgIpc) is 3.16. The Morgan fingerprint density at radius 3 is 2.61 bits per heavy atom. The number of H-pyrrole nitrogens is 1. The van der Waals surface area contributed by atoms with Crippen LogP contribution in [0.2, 0.25) is 0 Å². The Kier molecular flexibility index (Phi) is 5.91. The molecular weight excluding hydrogens is 358 g/mol. The van der Waals surface area contributed by atoms with Crippen molar-refractivity contribution < 1.29 is 14.4 Å². The lowest BCUT2D eigenvalue weighted by Gasteiger charge is -2.22. The highest BCUT2D eigenvalue weighted by Crippen LogP contribution is 2.21. The summed E-state index contributed by atoms with van der Waals surface area (Å²) in [5.74, 6) is 0.415. The van der Waals surface area contributed by atoms with Gasteiger partial charge in [0.25, 0.3) is 0 Å². The molecule has 0 bridgehead atoms. The third kappa shape index (κ3) is 4.67. The van der Waals surface area contributed by atoms with E-state index >= 15 is 0 Å².